The number of piperidine rings is 1. The van der Waals surface area contributed by atoms with Crippen molar-refractivity contribution in [1.29, 1.82) is 0 Å². The van der Waals surface area contributed by atoms with Crippen LogP contribution >= 0.6 is 11.6 Å². The van der Waals surface area contributed by atoms with E-state index in [1.165, 1.54) is 6.07 Å². The predicted octanol–water partition coefficient (Wildman–Crippen LogP) is 2.82. The first kappa shape index (κ1) is 16.7. The third kappa shape index (κ3) is 3.97. The van der Waals surface area contributed by atoms with Crippen molar-refractivity contribution in [3.8, 4) is 0 Å². The minimum atomic E-state index is -0.449. The van der Waals surface area contributed by atoms with E-state index in [1.807, 2.05) is 13.8 Å². The van der Waals surface area contributed by atoms with Gasteiger partial charge >= 0.3 is 0 Å². The van der Waals surface area contributed by atoms with Crippen molar-refractivity contribution in [2.24, 2.45) is 11.8 Å². The molecule has 1 heterocycles. The van der Waals surface area contributed by atoms with Crippen LogP contribution in [0.15, 0.2) is 18.2 Å². The Morgan fingerprint density at radius 2 is 2.18 bits per heavy atom. The van der Waals surface area contributed by atoms with Gasteiger partial charge in [0.2, 0.25) is 11.8 Å². The van der Waals surface area contributed by atoms with Crippen LogP contribution in [0.1, 0.15) is 38.3 Å². The molecule has 2 atom stereocenters. The maximum absolute atomic E-state index is 14.1. The van der Waals surface area contributed by atoms with E-state index in [4.69, 9.17) is 11.6 Å². The first-order valence-corrected chi connectivity index (χ1v) is 7.78. The van der Waals surface area contributed by atoms with Gasteiger partial charge in [0.1, 0.15) is 5.82 Å². The van der Waals surface area contributed by atoms with Crippen molar-refractivity contribution in [3.05, 3.63) is 34.6 Å². The lowest BCUT2D eigenvalue weighted by Crippen LogP contribution is -2.43. The largest absolute Gasteiger partial charge is 0.356 e. The summed E-state index contributed by atoms with van der Waals surface area (Å²) in [6, 6.07) is 3.99. The van der Waals surface area contributed by atoms with Gasteiger partial charge < -0.3 is 10.6 Å². The third-order valence-electron chi connectivity index (χ3n) is 3.88. The highest BCUT2D eigenvalue weighted by Gasteiger charge is 2.29. The Morgan fingerprint density at radius 1 is 1.45 bits per heavy atom. The number of carbonyl (C=O) groups is 2. The van der Waals surface area contributed by atoms with Crippen molar-refractivity contribution in [3.63, 3.8) is 0 Å². The van der Waals surface area contributed by atoms with Crippen LogP contribution in [-0.4, -0.2) is 18.4 Å². The monoisotopic (exact) mass is 326 g/mol. The Bertz CT molecular complexity index is 577. The van der Waals surface area contributed by atoms with Crippen LogP contribution < -0.4 is 10.6 Å². The zero-order chi connectivity index (χ0) is 16.3. The van der Waals surface area contributed by atoms with Gasteiger partial charge in [-0.3, -0.25) is 9.59 Å². The van der Waals surface area contributed by atoms with E-state index in [0.29, 0.717) is 23.6 Å². The molecule has 2 rings (SSSR count). The molecule has 0 bridgehead atoms. The molecule has 6 heteroatoms. The predicted molar refractivity (Wildman–Crippen MR) is 82.9 cm³/mol. The molecule has 0 aromatic heterocycles. The Kier molecular flexibility index (Phi) is 5.40. The molecular formula is C16H20ClFN2O2. The number of nitrogens with one attached hydrogen (secondary N) is 2. The summed E-state index contributed by atoms with van der Waals surface area (Å²) in [5, 5.41) is 5.90. The molecule has 1 aromatic carbocycles. The van der Waals surface area contributed by atoms with Gasteiger partial charge in [0.15, 0.2) is 0 Å². The molecule has 1 aliphatic rings. The van der Waals surface area contributed by atoms with Gasteiger partial charge in [-0.05, 0) is 24.5 Å². The summed E-state index contributed by atoms with van der Waals surface area (Å²) in [5.74, 6) is -1.11. The minimum absolute atomic E-state index is 0.0112. The molecule has 1 saturated heterocycles. The Hall–Kier alpha value is -1.62. The highest BCUT2D eigenvalue weighted by Crippen LogP contribution is 2.27. The third-order valence-corrected chi connectivity index (χ3v) is 4.11. The van der Waals surface area contributed by atoms with Crippen molar-refractivity contribution in [2.45, 2.75) is 32.7 Å². The Morgan fingerprint density at radius 3 is 2.77 bits per heavy atom. The average molecular weight is 327 g/mol. The fourth-order valence-corrected chi connectivity index (χ4v) is 2.79. The molecule has 0 saturated carbocycles. The lowest BCUT2D eigenvalue weighted by atomic mass is 9.92. The van der Waals surface area contributed by atoms with Crippen molar-refractivity contribution >= 4 is 23.4 Å². The maximum Gasteiger partial charge on any atom is 0.224 e. The van der Waals surface area contributed by atoms with E-state index in [2.05, 4.69) is 10.6 Å². The number of rotatable bonds is 4. The molecule has 1 aliphatic heterocycles. The Balaban J connectivity index is 2.15. The number of hydrogen-bond donors (Lipinski definition) is 2. The van der Waals surface area contributed by atoms with E-state index < -0.39 is 11.9 Å². The van der Waals surface area contributed by atoms with Gasteiger partial charge in [-0.15, -0.1) is 0 Å². The summed E-state index contributed by atoms with van der Waals surface area (Å²) in [4.78, 5) is 23.8. The lowest BCUT2D eigenvalue weighted by Gasteiger charge is -2.27. The topological polar surface area (TPSA) is 58.2 Å². The van der Waals surface area contributed by atoms with E-state index in [-0.39, 0.29) is 30.1 Å². The second-order valence-corrected chi connectivity index (χ2v) is 6.37. The van der Waals surface area contributed by atoms with E-state index >= 15 is 0 Å². The second kappa shape index (κ2) is 7.09. The SMILES string of the molecule is CC(C)[C@@H](NC(=O)[C@H]1CCNC(=O)C1)c1ccc(Cl)cc1F. The highest BCUT2D eigenvalue weighted by molar-refractivity contribution is 6.30. The van der Waals surface area contributed by atoms with Crippen LogP contribution in [0.2, 0.25) is 5.02 Å². The van der Waals surface area contributed by atoms with Gasteiger partial charge in [-0.2, -0.15) is 0 Å². The number of benzene rings is 1. The van der Waals surface area contributed by atoms with E-state index in [0.717, 1.165) is 0 Å². The van der Waals surface area contributed by atoms with E-state index in [9.17, 15) is 14.0 Å². The van der Waals surface area contributed by atoms with Crippen LogP contribution in [0, 0.1) is 17.7 Å². The summed E-state index contributed by atoms with van der Waals surface area (Å²) in [5.41, 5.74) is 0.410. The van der Waals surface area contributed by atoms with Gasteiger partial charge in [0, 0.05) is 29.5 Å². The zero-order valence-corrected chi connectivity index (χ0v) is 13.4. The molecule has 120 valence electrons. The smallest absolute Gasteiger partial charge is 0.224 e. The fourth-order valence-electron chi connectivity index (χ4n) is 2.64. The summed E-state index contributed by atoms with van der Waals surface area (Å²) < 4.78 is 14.1. The van der Waals surface area contributed by atoms with Crippen molar-refractivity contribution < 1.29 is 14.0 Å². The van der Waals surface area contributed by atoms with Crippen molar-refractivity contribution in [2.75, 3.05) is 6.54 Å². The number of carbonyl (C=O) groups excluding carboxylic acids is 2. The highest BCUT2D eigenvalue weighted by atomic mass is 35.5. The van der Waals surface area contributed by atoms with Crippen LogP contribution in [0.3, 0.4) is 0 Å². The molecule has 0 radical (unpaired) electrons. The maximum atomic E-state index is 14.1. The van der Waals surface area contributed by atoms with Crippen LogP contribution in [0.4, 0.5) is 4.39 Å². The second-order valence-electron chi connectivity index (χ2n) is 5.94. The van der Waals surface area contributed by atoms with Gasteiger partial charge in [0.25, 0.3) is 0 Å². The van der Waals surface area contributed by atoms with Gasteiger partial charge in [-0.25, -0.2) is 4.39 Å². The number of halogens is 2. The molecule has 0 unspecified atom stereocenters. The summed E-state index contributed by atoms with van der Waals surface area (Å²) in [6.45, 7) is 4.32. The quantitative estimate of drug-likeness (QED) is 0.894. The average Bonchev–Trinajstić information content (AvgIpc) is 2.45. The first-order valence-electron chi connectivity index (χ1n) is 7.40. The molecule has 2 amide bonds. The van der Waals surface area contributed by atoms with Gasteiger partial charge in [-0.1, -0.05) is 31.5 Å². The zero-order valence-electron chi connectivity index (χ0n) is 12.7. The summed E-state index contributed by atoms with van der Waals surface area (Å²) in [7, 11) is 0. The number of amides is 2. The summed E-state index contributed by atoms with van der Waals surface area (Å²) >= 11 is 5.77. The first-order chi connectivity index (χ1) is 10.4. The Labute approximate surface area is 134 Å². The van der Waals surface area contributed by atoms with Crippen LogP contribution in [0.25, 0.3) is 0 Å². The molecular weight excluding hydrogens is 307 g/mol. The van der Waals surface area contributed by atoms with E-state index in [1.54, 1.807) is 12.1 Å². The minimum Gasteiger partial charge on any atom is -0.356 e. The molecule has 4 nitrogen and oxygen atoms in total. The molecule has 1 fully saturated rings. The molecule has 1 aromatic rings. The number of hydrogen-bond acceptors (Lipinski definition) is 2. The van der Waals surface area contributed by atoms with Crippen LogP contribution in [-0.2, 0) is 9.59 Å². The molecule has 0 aliphatic carbocycles. The van der Waals surface area contributed by atoms with Crippen LogP contribution in [0.5, 0.6) is 0 Å². The fraction of sp³-hybridized carbons (Fsp3) is 0.500. The molecule has 22 heavy (non-hydrogen) atoms. The standard InChI is InChI=1S/C16H20ClFN2O2/c1-9(2)15(12-4-3-11(17)8-13(12)18)20-16(22)10-5-6-19-14(21)7-10/h3-4,8-10,15H,5-7H2,1-2H3,(H,19,21)(H,20,22)/t10-,15+/m0/s1. The molecule has 0 spiro atoms. The van der Waals surface area contributed by atoms with Crippen molar-refractivity contribution in [1.82, 2.24) is 10.6 Å². The summed E-state index contributed by atoms with van der Waals surface area (Å²) in [6.07, 6.45) is 0.783. The van der Waals surface area contributed by atoms with Gasteiger partial charge in [0.05, 0.1) is 6.04 Å². The lowest BCUT2D eigenvalue weighted by molar-refractivity contribution is -0.133. The molecule has 2 N–H and O–H groups in total. The normalized spacial score (nSPS) is 19.7.